The molecule has 0 rings (SSSR count). The van der Waals surface area contributed by atoms with E-state index in [-0.39, 0.29) is 17.7 Å². The fraction of sp³-hybridized carbons (Fsp3) is 0.921. The maximum Gasteiger partial charge on any atom is 0.315 e. The van der Waals surface area contributed by atoms with Crippen LogP contribution in [0, 0.1) is 0 Å². The van der Waals surface area contributed by atoms with Crippen LogP contribution >= 0.6 is 0 Å². The summed E-state index contributed by atoms with van der Waals surface area (Å²) in [5.41, 5.74) is 0. The van der Waals surface area contributed by atoms with Crippen LogP contribution in [-0.4, -0.2) is 36.9 Å². The highest BCUT2D eigenvalue weighted by Crippen LogP contribution is 2.14. The third kappa shape index (κ3) is 31.8. The number of carbonyl (C=O) groups excluding carboxylic acids is 3. The topological polar surface area (TPSA) is 87.3 Å². The minimum Gasteiger partial charge on any atom is -0.356 e. The van der Waals surface area contributed by atoms with Crippen LogP contribution < -0.4 is 16.0 Å². The molecule has 0 fully saturated rings. The smallest absolute Gasteiger partial charge is 0.315 e. The number of ketones is 1. The van der Waals surface area contributed by atoms with E-state index in [0.29, 0.717) is 25.9 Å². The van der Waals surface area contributed by atoms with Gasteiger partial charge in [-0.1, -0.05) is 162 Å². The summed E-state index contributed by atoms with van der Waals surface area (Å²) in [7, 11) is 0. The van der Waals surface area contributed by atoms with E-state index in [0.717, 1.165) is 38.5 Å². The van der Waals surface area contributed by atoms with Crippen LogP contribution in [-0.2, 0) is 9.59 Å². The number of hydrogen-bond acceptors (Lipinski definition) is 3. The maximum absolute atomic E-state index is 12.3. The van der Waals surface area contributed by atoms with Crippen molar-refractivity contribution in [3.05, 3.63) is 0 Å². The van der Waals surface area contributed by atoms with Crippen LogP contribution in [0.1, 0.15) is 207 Å². The molecule has 44 heavy (non-hydrogen) atoms. The minimum absolute atomic E-state index is 0.0167. The van der Waals surface area contributed by atoms with Crippen molar-refractivity contribution in [2.24, 2.45) is 0 Å². The number of unbranched alkanes of at least 4 members (excludes halogenated alkanes) is 24. The van der Waals surface area contributed by atoms with Gasteiger partial charge in [-0.25, -0.2) is 4.79 Å². The number of urea groups is 1. The molecule has 0 aliphatic rings. The first-order valence-electron chi connectivity index (χ1n) is 19.3. The number of Topliss-reactive ketones (excluding diaryl/α,β-unsaturated/α-hetero) is 1. The SMILES string of the molecule is CCCCCCCCCCCCCCCCCCNC(=O)NC(CCCCNC(=O)CCCCCCCCCCC)C(C)=O. The summed E-state index contributed by atoms with van der Waals surface area (Å²) >= 11 is 0. The lowest BCUT2D eigenvalue weighted by atomic mass is 10.0. The van der Waals surface area contributed by atoms with Gasteiger partial charge in [-0.3, -0.25) is 9.59 Å². The van der Waals surface area contributed by atoms with Crippen molar-refractivity contribution in [3.63, 3.8) is 0 Å². The van der Waals surface area contributed by atoms with E-state index in [9.17, 15) is 14.4 Å². The fourth-order valence-electron chi connectivity index (χ4n) is 5.85. The van der Waals surface area contributed by atoms with Gasteiger partial charge in [-0.15, -0.1) is 0 Å². The Hall–Kier alpha value is -1.59. The molecule has 1 unspecified atom stereocenters. The van der Waals surface area contributed by atoms with Gasteiger partial charge >= 0.3 is 6.03 Å². The van der Waals surface area contributed by atoms with Crippen molar-refractivity contribution in [3.8, 4) is 0 Å². The average Bonchev–Trinajstić information content (AvgIpc) is 3.00. The number of amides is 3. The summed E-state index contributed by atoms with van der Waals surface area (Å²) in [6.45, 7) is 7.34. The Morgan fingerprint density at radius 3 is 1.25 bits per heavy atom. The van der Waals surface area contributed by atoms with E-state index in [1.807, 2.05) is 0 Å². The summed E-state index contributed by atoms with van der Waals surface area (Å²) in [6.07, 6.45) is 35.4. The molecule has 6 heteroatoms. The second-order valence-electron chi connectivity index (χ2n) is 13.3. The minimum atomic E-state index is -0.460. The van der Waals surface area contributed by atoms with Crippen LogP contribution in [0.25, 0.3) is 0 Å². The van der Waals surface area contributed by atoms with E-state index in [2.05, 4.69) is 29.8 Å². The third-order valence-corrected chi connectivity index (χ3v) is 8.86. The molecule has 6 nitrogen and oxygen atoms in total. The second-order valence-corrected chi connectivity index (χ2v) is 13.3. The van der Waals surface area contributed by atoms with Crippen LogP contribution in [0.2, 0.25) is 0 Å². The molecule has 0 spiro atoms. The van der Waals surface area contributed by atoms with Crippen LogP contribution in [0.15, 0.2) is 0 Å². The molecule has 0 radical (unpaired) electrons. The van der Waals surface area contributed by atoms with E-state index in [1.54, 1.807) is 0 Å². The number of nitrogens with one attached hydrogen (secondary N) is 3. The number of rotatable bonds is 34. The normalized spacial score (nSPS) is 11.8. The lowest BCUT2D eigenvalue weighted by Gasteiger charge is -2.16. The summed E-state index contributed by atoms with van der Waals surface area (Å²) in [6, 6.07) is -0.709. The zero-order chi connectivity index (χ0) is 32.4. The molecule has 0 saturated carbocycles. The lowest BCUT2D eigenvalue weighted by molar-refractivity contribution is -0.121. The van der Waals surface area contributed by atoms with E-state index < -0.39 is 6.04 Å². The van der Waals surface area contributed by atoms with Gasteiger partial charge in [-0.2, -0.15) is 0 Å². The van der Waals surface area contributed by atoms with Crippen LogP contribution in [0.5, 0.6) is 0 Å². The highest BCUT2D eigenvalue weighted by molar-refractivity contribution is 5.86. The third-order valence-electron chi connectivity index (χ3n) is 8.86. The van der Waals surface area contributed by atoms with E-state index >= 15 is 0 Å². The molecule has 3 N–H and O–H groups in total. The van der Waals surface area contributed by atoms with Gasteiger partial charge in [0.2, 0.25) is 5.91 Å². The molecule has 0 heterocycles. The van der Waals surface area contributed by atoms with Crippen molar-refractivity contribution in [1.82, 2.24) is 16.0 Å². The zero-order valence-electron chi connectivity index (χ0n) is 29.7. The van der Waals surface area contributed by atoms with Gasteiger partial charge in [-0.05, 0) is 39.0 Å². The highest BCUT2D eigenvalue weighted by Gasteiger charge is 2.16. The molecule has 3 amide bonds. The Morgan fingerprint density at radius 2 is 0.818 bits per heavy atom. The van der Waals surface area contributed by atoms with Crippen molar-refractivity contribution in [1.29, 1.82) is 0 Å². The maximum atomic E-state index is 12.3. The first-order chi connectivity index (χ1) is 21.5. The Bertz CT molecular complexity index is 655. The first-order valence-corrected chi connectivity index (χ1v) is 19.3. The van der Waals surface area contributed by atoms with Gasteiger partial charge in [0.1, 0.15) is 0 Å². The summed E-state index contributed by atoms with van der Waals surface area (Å²) in [5.74, 6) is 0.111. The van der Waals surface area contributed by atoms with Gasteiger partial charge in [0.15, 0.2) is 5.78 Å². The number of carbonyl (C=O) groups is 3. The van der Waals surface area contributed by atoms with Crippen molar-refractivity contribution >= 4 is 17.7 Å². The van der Waals surface area contributed by atoms with E-state index in [1.165, 1.54) is 142 Å². The van der Waals surface area contributed by atoms with Crippen molar-refractivity contribution in [2.75, 3.05) is 13.1 Å². The average molecular weight is 622 g/mol. The molecule has 0 aromatic carbocycles. The summed E-state index contributed by atoms with van der Waals surface area (Å²) < 4.78 is 0. The Labute approximate surface area is 273 Å². The molecule has 0 saturated heterocycles. The van der Waals surface area contributed by atoms with Gasteiger partial charge in [0.05, 0.1) is 6.04 Å². The molecule has 0 aliphatic heterocycles. The highest BCUT2D eigenvalue weighted by atomic mass is 16.2. The van der Waals surface area contributed by atoms with Gasteiger partial charge < -0.3 is 16.0 Å². The molecule has 260 valence electrons. The largest absolute Gasteiger partial charge is 0.356 e. The predicted octanol–water partition coefficient (Wildman–Crippen LogP) is 10.7. The first kappa shape index (κ1) is 42.4. The Kier molecular flexibility index (Phi) is 33.0. The molecular formula is C38H75N3O3. The molecule has 0 aromatic rings. The molecule has 0 bridgehead atoms. The van der Waals surface area contributed by atoms with Crippen molar-refractivity contribution < 1.29 is 14.4 Å². The zero-order valence-corrected chi connectivity index (χ0v) is 29.7. The number of hydrogen-bond donors (Lipinski definition) is 3. The summed E-state index contributed by atoms with van der Waals surface area (Å²) in [4.78, 5) is 36.4. The Morgan fingerprint density at radius 1 is 0.455 bits per heavy atom. The fourth-order valence-corrected chi connectivity index (χ4v) is 5.85. The van der Waals surface area contributed by atoms with Gasteiger partial charge in [0.25, 0.3) is 0 Å². The Balaban J connectivity index is 3.59. The van der Waals surface area contributed by atoms with Gasteiger partial charge in [0, 0.05) is 19.5 Å². The predicted molar refractivity (Wildman–Crippen MR) is 189 cm³/mol. The molecular weight excluding hydrogens is 546 g/mol. The molecule has 0 aliphatic carbocycles. The van der Waals surface area contributed by atoms with E-state index in [4.69, 9.17) is 0 Å². The molecule has 1 atom stereocenters. The quantitative estimate of drug-likeness (QED) is 0.0625. The standard InChI is InChI=1S/C38H75N3O3/c1-4-6-8-10-12-14-15-16-17-18-19-20-22-24-26-29-34-40-38(44)41-36(35(3)42)31-28-30-33-39-37(43)32-27-25-23-21-13-11-9-7-5-2/h36H,4-34H2,1-3H3,(H,39,43)(H2,40,41,44). The van der Waals surface area contributed by atoms with Crippen LogP contribution in [0.4, 0.5) is 4.79 Å². The lowest BCUT2D eigenvalue weighted by Crippen LogP contribution is -2.45. The van der Waals surface area contributed by atoms with Crippen molar-refractivity contribution in [2.45, 2.75) is 213 Å². The monoisotopic (exact) mass is 622 g/mol. The molecule has 0 aromatic heterocycles. The van der Waals surface area contributed by atoms with Crippen LogP contribution in [0.3, 0.4) is 0 Å². The summed E-state index contributed by atoms with van der Waals surface area (Å²) in [5, 5.41) is 8.76. The second kappa shape index (κ2) is 34.3.